The fourth-order valence-electron chi connectivity index (χ4n) is 1.53. The number of carbonyl (C=O) groups excluding carboxylic acids is 2. The summed E-state index contributed by atoms with van der Waals surface area (Å²) in [6, 6.07) is 0. The van der Waals surface area contributed by atoms with E-state index >= 15 is 0 Å². The summed E-state index contributed by atoms with van der Waals surface area (Å²) in [6.45, 7) is 5.25. The van der Waals surface area contributed by atoms with E-state index in [1.54, 1.807) is 4.90 Å². The van der Waals surface area contributed by atoms with Crippen LogP contribution < -0.4 is 5.32 Å². The third kappa shape index (κ3) is 5.65. The Balaban J connectivity index is 2.08. The second-order valence-electron chi connectivity index (χ2n) is 3.73. The molecule has 98 valence electrons. The van der Waals surface area contributed by atoms with Crippen LogP contribution in [-0.4, -0.2) is 62.8 Å². The van der Waals surface area contributed by atoms with Gasteiger partial charge < -0.3 is 19.7 Å². The lowest BCUT2D eigenvalue weighted by Gasteiger charge is -2.26. The van der Waals surface area contributed by atoms with Crippen molar-refractivity contribution in [3.63, 3.8) is 0 Å². The monoisotopic (exact) mass is 244 g/mol. The van der Waals surface area contributed by atoms with Gasteiger partial charge in [0.05, 0.1) is 13.2 Å². The summed E-state index contributed by atoms with van der Waals surface area (Å²) in [6.07, 6.45) is 0.331. The molecule has 0 saturated carbocycles. The van der Waals surface area contributed by atoms with Crippen molar-refractivity contribution in [3.05, 3.63) is 0 Å². The summed E-state index contributed by atoms with van der Waals surface area (Å²) in [7, 11) is 0. The topological polar surface area (TPSA) is 67.9 Å². The van der Waals surface area contributed by atoms with E-state index in [0.717, 1.165) is 0 Å². The molecule has 6 nitrogen and oxygen atoms in total. The highest BCUT2D eigenvalue weighted by Gasteiger charge is 2.16. The van der Waals surface area contributed by atoms with E-state index in [1.165, 1.54) is 0 Å². The fraction of sp³-hybridized carbons (Fsp3) is 0.818. The number of morpholine rings is 1. The van der Waals surface area contributed by atoms with Crippen LogP contribution in [-0.2, 0) is 19.1 Å². The zero-order valence-electron chi connectivity index (χ0n) is 10.2. The number of nitrogens with zero attached hydrogens (tertiary/aromatic N) is 1. The van der Waals surface area contributed by atoms with Gasteiger partial charge in [-0.2, -0.15) is 0 Å². The molecule has 17 heavy (non-hydrogen) atoms. The normalized spacial score (nSPS) is 15.7. The SMILES string of the molecule is CCOCC(=O)NCCC(=O)N1CCOCC1. The molecule has 2 amide bonds. The summed E-state index contributed by atoms with van der Waals surface area (Å²) in [5.74, 6) is -0.119. The Hall–Kier alpha value is -1.14. The first kappa shape index (κ1) is 13.9. The van der Waals surface area contributed by atoms with Gasteiger partial charge in [-0.1, -0.05) is 0 Å². The molecule has 0 aromatic heterocycles. The zero-order chi connectivity index (χ0) is 12.5. The fourth-order valence-corrected chi connectivity index (χ4v) is 1.53. The van der Waals surface area contributed by atoms with E-state index in [0.29, 0.717) is 45.9 Å². The van der Waals surface area contributed by atoms with Gasteiger partial charge in [-0.15, -0.1) is 0 Å². The van der Waals surface area contributed by atoms with Crippen molar-refractivity contribution in [1.29, 1.82) is 0 Å². The van der Waals surface area contributed by atoms with E-state index in [2.05, 4.69) is 5.32 Å². The first-order valence-electron chi connectivity index (χ1n) is 5.94. The van der Waals surface area contributed by atoms with Gasteiger partial charge in [0.2, 0.25) is 11.8 Å². The Morgan fingerprint density at radius 2 is 2.06 bits per heavy atom. The quantitative estimate of drug-likeness (QED) is 0.676. The lowest BCUT2D eigenvalue weighted by atomic mass is 10.3. The van der Waals surface area contributed by atoms with Crippen molar-refractivity contribution in [2.24, 2.45) is 0 Å². The first-order valence-corrected chi connectivity index (χ1v) is 5.94. The summed E-state index contributed by atoms with van der Waals surface area (Å²) >= 11 is 0. The number of hydrogen-bond acceptors (Lipinski definition) is 4. The van der Waals surface area contributed by atoms with E-state index in [-0.39, 0.29) is 18.4 Å². The van der Waals surface area contributed by atoms with Gasteiger partial charge in [-0.3, -0.25) is 9.59 Å². The predicted molar refractivity (Wildman–Crippen MR) is 61.5 cm³/mol. The van der Waals surface area contributed by atoms with Crippen LogP contribution in [0.4, 0.5) is 0 Å². The van der Waals surface area contributed by atoms with Gasteiger partial charge in [-0.05, 0) is 6.92 Å². The van der Waals surface area contributed by atoms with Crippen molar-refractivity contribution >= 4 is 11.8 Å². The van der Waals surface area contributed by atoms with Crippen LogP contribution in [0.5, 0.6) is 0 Å². The molecule has 1 heterocycles. The van der Waals surface area contributed by atoms with Gasteiger partial charge in [-0.25, -0.2) is 0 Å². The van der Waals surface area contributed by atoms with E-state index in [4.69, 9.17) is 9.47 Å². The van der Waals surface area contributed by atoms with Crippen molar-refractivity contribution in [3.8, 4) is 0 Å². The van der Waals surface area contributed by atoms with Gasteiger partial charge in [0.25, 0.3) is 0 Å². The van der Waals surface area contributed by atoms with Crippen LogP contribution in [0.2, 0.25) is 0 Å². The molecule has 0 spiro atoms. The smallest absolute Gasteiger partial charge is 0.246 e. The Morgan fingerprint density at radius 1 is 1.35 bits per heavy atom. The van der Waals surface area contributed by atoms with Crippen LogP contribution in [0.3, 0.4) is 0 Å². The molecule has 0 atom stereocenters. The van der Waals surface area contributed by atoms with Gasteiger partial charge in [0, 0.05) is 32.7 Å². The Labute approximate surface area is 101 Å². The molecule has 1 rings (SSSR count). The highest BCUT2D eigenvalue weighted by Crippen LogP contribution is 1.99. The molecule has 1 aliphatic rings. The summed E-state index contributed by atoms with van der Waals surface area (Å²) in [5.41, 5.74) is 0. The number of rotatable bonds is 6. The Bertz CT molecular complexity index is 252. The standard InChI is InChI=1S/C11H20N2O4/c1-2-16-9-10(14)12-4-3-11(15)13-5-7-17-8-6-13/h2-9H2,1H3,(H,12,14). The van der Waals surface area contributed by atoms with Crippen molar-refractivity contribution in [2.45, 2.75) is 13.3 Å². The molecule has 0 aliphatic carbocycles. The van der Waals surface area contributed by atoms with Crippen LogP contribution in [0, 0.1) is 0 Å². The number of hydrogen-bond donors (Lipinski definition) is 1. The van der Waals surface area contributed by atoms with Crippen molar-refractivity contribution in [2.75, 3.05) is 46.1 Å². The van der Waals surface area contributed by atoms with Crippen molar-refractivity contribution in [1.82, 2.24) is 10.2 Å². The molecule has 1 fully saturated rings. The van der Waals surface area contributed by atoms with Gasteiger partial charge >= 0.3 is 0 Å². The van der Waals surface area contributed by atoms with Gasteiger partial charge in [0.15, 0.2) is 0 Å². The molecule has 1 aliphatic heterocycles. The predicted octanol–water partition coefficient (Wildman–Crippen LogP) is -0.612. The third-order valence-electron chi connectivity index (χ3n) is 2.46. The highest BCUT2D eigenvalue weighted by atomic mass is 16.5. The number of ether oxygens (including phenoxy) is 2. The maximum atomic E-state index is 11.7. The van der Waals surface area contributed by atoms with Crippen LogP contribution >= 0.6 is 0 Å². The molecular formula is C11H20N2O4. The molecule has 6 heteroatoms. The van der Waals surface area contributed by atoms with Crippen molar-refractivity contribution < 1.29 is 19.1 Å². The minimum atomic E-state index is -0.179. The summed E-state index contributed by atoms with van der Waals surface area (Å²) in [4.78, 5) is 24.6. The minimum Gasteiger partial charge on any atom is -0.378 e. The Morgan fingerprint density at radius 3 is 2.71 bits per heavy atom. The maximum absolute atomic E-state index is 11.7. The van der Waals surface area contributed by atoms with E-state index < -0.39 is 0 Å². The average molecular weight is 244 g/mol. The maximum Gasteiger partial charge on any atom is 0.246 e. The number of carbonyl (C=O) groups is 2. The largest absolute Gasteiger partial charge is 0.378 e. The molecule has 0 aromatic rings. The molecule has 1 saturated heterocycles. The highest BCUT2D eigenvalue weighted by molar-refractivity contribution is 5.79. The summed E-state index contributed by atoms with van der Waals surface area (Å²) < 4.78 is 10.1. The number of amides is 2. The molecule has 0 unspecified atom stereocenters. The Kier molecular flexibility index (Phi) is 6.57. The zero-order valence-corrected chi connectivity index (χ0v) is 10.2. The molecule has 1 N–H and O–H groups in total. The molecule has 0 aromatic carbocycles. The van der Waals surface area contributed by atoms with Crippen LogP contribution in [0.25, 0.3) is 0 Å². The molecule has 0 bridgehead atoms. The molecular weight excluding hydrogens is 224 g/mol. The lowest BCUT2D eigenvalue weighted by molar-refractivity contribution is -0.135. The summed E-state index contributed by atoms with van der Waals surface area (Å²) in [5, 5.41) is 2.64. The first-order chi connectivity index (χ1) is 8.24. The van der Waals surface area contributed by atoms with Crippen LogP contribution in [0.1, 0.15) is 13.3 Å². The second-order valence-corrected chi connectivity index (χ2v) is 3.73. The average Bonchev–Trinajstić information content (AvgIpc) is 2.37. The van der Waals surface area contributed by atoms with E-state index in [9.17, 15) is 9.59 Å². The van der Waals surface area contributed by atoms with Crippen LogP contribution in [0.15, 0.2) is 0 Å². The second kappa shape index (κ2) is 8.03. The van der Waals surface area contributed by atoms with Gasteiger partial charge in [0.1, 0.15) is 6.61 Å². The third-order valence-corrected chi connectivity index (χ3v) is 2.46. The molecule has 0 radical (unpaired) electrons. The lowest BCUT2D eigenvalue weighted by Crippen LogP contribution is -2.42. The minimum absolute atomic E-state index is 0.0578. The van der Waals surface area contributed by atoms with E-state index in [1.807, 2.05) is 6.92 Å². The number of nitrogens with one attached hydrogen (secondary N) is 1.